The standard InChI is InChI=1S/C17H17N5OS/c1-11-16(12(2)22-21-11)20-15(23)10-24-17-18-9-8-14(19-17)13-6-4-3-5-7-13/h3-9H,10H2,1-2H3,(H,20,23)(H,21,22). The van der Waals surface area contributed by atoms with Crippen LogP contribution in [0.4, 0.5) is 5.69 Å². The summed E-state index contributed by atoms with van der Waals surface area (Å²) in [5, 5.41) is 10.3. The third-order valence-corrected chi connectivity index (χ3v) is 4.29. The van der Waals surface area contributed by atoms with Gasteiger partial charge in [-0.1, -0.05) is 42.1 Å². The highest BCUT2D eigenvalue weighted by molar-refractivity contribution is 7.99. The van der Waals surface area contributed by atoms with Gasteiger partial charge < -0.3 is 5.32 Å². The van der Waals surface area contributed by atoms with E-state index >= 15 is 0 Å². The molecular formula is C17H17N5OS. The first-order valence-corrected chi connectivity index (χ1v) is 8.45. The number of rotatable bonds is 5. The Morgan fingerprint density at radius 2 is 2.00 bits per heavy atom. The number of hydrogen-bond donors (Lipinski definition) is 2. The number of aromatic amines is 1. The Kier molecular flexibility index (Phi) is 4.90. The number of anilines is 1. The second-order valence-corrected chi connectivity index (χ2v) is 6.18. The molecule has 1 aromatic carbocycles. The SMILES string of the molecule is Cc1n[nH]c(C)c1NC(=O)CSc1nccc(-c2ccccc2)n1. The van der Waals surface area contributed by atoms with Crippen LogP contribution in [0.2, 0.25) is 0 Å². The lowest BCUT2D eigenvalue weighted by molar-refractivity contribution is -0.113. The van der Waals surface area contributed by atoms with Crippen LogP contribution in [-0.2, 0) is 4.79 Å². The highest BCUT2D eigenvalue weighted by atomic mass is 32.2. The van der Waals surface area contributed by atoms with Crippen LogP contribution in [0.3, 0.4) is 0 Å². The molecule has 0 aliphatic carbocycles. The van der Waals surface area contributed by atoms with Gasteiger partial charge in [0.05, 0.1) is 28.5 Å². The summed E-state index contributed by atoms with van der Waals surface area (Å²) >= 11 is 1.31. The van der Waals surface area contributed by atoms with E-state index in [1.807, 2.05) is 50.2 Å². The van der Waals surface area contributed by atoms with E-state index in [-0.39, 0.29) is 11.7 Å². The molecule has 0 fully saturated rings. The van der Waals surface area contributed by atoms with Gasteiger partial charge in [0, 0.05) is 11.8 Å². The van der Waals surface area contributed by atoms with E-state index in [0.29, 0.717) is 5.16 Å². The maximum Gasteiger partial charge on any atom is 0.234 e. The molecule has 0 aliphatic rings. The number of aryl methyl sites for hydroxylation is 2. The van der Waals surface area contributed by atoms with Crippen molar-refractivity contribution in [1.82, 2.24) is 20.2 Å². The normalized spacial score (nSPS) is 10.6. The van der Waals surface area contributed by atoms with Crippen LogP contribution >= 0.6 is 11.8 Å². The van der Waals surface area contributed by atoms with Crippen molar-refractivity contribution in [1.29, 1.82) is 0 Å². The number of carbonyl (C=O) groups excluding carboxylic acids is 1. The molecule has 0 atom stereocenters. The van der Waals surface area contributed by atoms with Gasteiger partial charge in [-0.15, -0.1) is 0 Å². The van der Waals surface area contributed by atoms with Gasteiger partial charge in [-0.05, 0) is 19.9 Å². The zero-order valence-corrected chi connectivity index (χ0v) is 14.2. The topological polar surface area (TPSA) is 83.6 Å². The highest BCUT2D eigenvalue weighted by Crippen LogP contribution is 2.21. The Morgan fingerprint density at radius 3 is 2.71 bits per heavy atom. The number of benzene rings is 1. The fourth-order valence-electron chi connectivity index (χ4n) is 2.22. The molecule has 0 saturated carbocycles. The van der Waals surface area contributed by atoms with Crippen molar-refractivity contribution < 1.29 is 4.79 Å². The van der Waals surface area contributed by atoms with E-state index in [9.17, 15) is 4.79 Å². The van der Waals surface area contributed by atoms with E-state index in [1.165, 1.54) is 11.8 Å². The minimum Gasteiger partial charge on any atom is -0.322 e. The Hall–Kier alpha value is -2.67. The molecule has 3 rings (SSSR count). The minimum absolute atomic E-state index is 0.110. The number of H-pyrrole nitrogens is 1. The van der Waals surface area contributed by atoms with Crippen LogP contribution in [0.1, 0.15) is 11.4 Å². The molecule has 6 nitrogen and oxygen atoms in total. The average Bonchev–Trinajstić information content (AvgIpc) is 2.93. The zero-order valence-electron chi connectivity index (χ0n) is 13.4. The Bertz CT molecular complexity index is 828. The van der Waals surface area contributed by atoms with Gasteiger partial charge in [0.25, 0.3) is 0 Å². The van der Waals surface area contributed by atoms with Crippen LogP contribution in [0.5, 0.6) is 0 Å². The van der Waals surface area contributed by atoms with Crippen LogP contribution in [0.25, 0.3) is 11.3 Å². The number of carbonyl (C=O) groups is 1. The predicted octanol–water partition coefficient (Wildman–Crippen LogP) is 3.21. The quantitative estimate of drug-likeness (QED) is 0.551. The van der Waals surface area contributed by atoms with Crippen molar-refractivity contribution in [2.24, 2.45) is 0 Å². The molecule has 3 aromatic rings. The molecule has 2 heterocycles. The summed E-state index contributed by atoms with van der Waals surface area (Å²) in [4.78, 5) is 20.8. The smallest absolute Gasteiger partial charge is 0.234 e. The highest BCUT2D eigenvalue weighted by Gasteiger charge is 2.11. The van der Waals surface area contributed by atoms with Crippen LogP contribution in [0, 0.1) is 13.8 Å². The fourth-order valence-corrected chi connectivity index (χ4v) is 2.85. The number of nitrogens with one attached hydrogen (secondary N) is 2. The van der Waals surface area contributed by atoms with Crippen molar-refractivity contribution in [3.63, 3.8) is 0 Å². The van der Waals surface area contributed by atoms with Gasteiger partial charge in [-0.25, -0.2) is 9.97 Å². The van der Waals surface area contributed by atoms with Crippen molar-refractivity contribution >= 4 is 23.4 Å². The summed E-state index contributed by atoms with van der Waals surface area (Å²) in [7, 11) is 0. The summed E-state index contributed by atoms with van der Waals surface area (Å²) < 4.78 is 0. The van der Waals surface area contributed by atoms with Gasteiger partial charge in [-0.2, -0.15) is 5.10 Å². The molecule has 0 saturated heterocycles. The number of amides is 1. The monoisotopic (exact) mass is 339 g/mol. The lowest BCUT2D eigenvalue weighted by Crippen LogP contribution is -2.15. The Labute approximate surface area is 144 Å². The lowest BCUT2D eigenvalue weighted by Gasteiger charge is -2.05. The summed E-state index contributed by atoms with van der Waals surface area (Å²) in [6.45, 7) is 3.72. The van der Waals surface area contributed by atoms with Crippen molar-refractivity contribution in [3.05, 3.63) is 54.0 Å². The minimum atomic E-state index is -0.110. The first-order valence-electron chi connectivity index (χ1n) is 7.46. The molecule has 2 aromatic heterocycles. The third kappa shape index (κ3) is 3.80. The molecule has 0 bridgehead atoms. The molecule has 1 amide bonds. The van der Waals surface area contributed by atoms with Gasteiger partial charge in [-0.3, -0.25) is 9.89 Å². The van der Waals surface area contributed by atoms with Crippen molar-refractivity contribution in [3.8, 4) is 11.3 Å². The van der Waals surface area contributed by atoms with Gasteiger partial charge >= 0.3 is 0 Å². The molecular weight excluding hydrogens is 322 g/mol. The average molecular weight is 339 g/mol. The van der Waals surface area contributed by atoms with Crippen LogP contribution in [-0.4, -0.2) is 31.8 Å². The maximum absolute atomic E-state index is 12.1. The molecule has 0 unspecified atom stereocenters. The third-order valence-electron chi connectivity index (χ3n) is 3.43. The van der Waals surface area contributed by atoms with E-state index < -0.39 is 0 Å². The fraction of sp³-hybridized carbons (Fsp3) is 0.176. The summed E-state index contributed by atoms with van der Waals surface area (Å²) in [5.41, 5.74) is 4.21. The van der Waals surface area contributed by atoms with Gasteiger partial charge in [0.1, 0.15) is 0 Å². The maximum atomic E-state index is 12.1. The summed E-state index contributed by atoms with van der Waals surface area (Å²) in [6.07, 6.45) is 1.71. The first-order chi connectivity index (χ1) is 11.6. The first kappa shape index (κ1) is 16.2. The second kappa shape index (κ2) is 7.27. The number of hydrogen-bond acceptors (Lipinski definition) is 5. The van der Waals surface area contributed by atoms with Gasteiger partial charge in [0.2, 0.25) is 5.91 Å². The van der Waals surface area contributed by atoms with E-state index in [2.05, 4.69) is 25.5 Å². The van der Waals surface area contributed by atoms with E-state index in [0.717, 1.165) is 28.3 Å². The number of aromatic nitrogens is 4. The van der Waals surface area contributed by atoms with E-state index in [1.54, 1.807) is 6.20 Å². The number of nitrogens with zero attached hydrogens (tertiary/aromatic N) is 3. The Balaban J connectivity index is 1.64. The molecule has 24 heavy (non-hydrogen) atoms. The van der Waals surface area contributed by atoms with Gasteiger partial charge in [0.15, 0.2) is 5.16 Å². The summed E-state index contributed by atoms with van der Waals surface area (Å²) in [5.74, 6) is 0.129. The second-order valence-electron chi connectivity index (χ2n) is 5.24. The Morgan fingerprint density at radius 1 is 1.21 bits per heavy atom. The van der Waals surface area contributed by atoms with Crippen molar-refractivity contribution in [2.75, 3.05) is 11.1 Å². The van der Waals surface area contributed by atoms with Crippen LogP contribution in [0.15, 0.2) is 47.8 Å². The zero-order chi connectivity index (χ0) is 16.9. The van der Waals surface area contributed by atoms with Crippen molar-refractivity contribution in [2.45, 2.75) is 19.0 Å². The predicted molar refractivity (Wildman–Crippen MR) is 94.9 cm³/mol. The molecule has 0 radical (unpaired) electrons. The lowest BCUT2D eigenvalue weighted by atomic mass is 10.1. The molecule has 122 valence electrons. The number of thioether (sulfide) groups is 1. The molecule has 0 spiro atoms. The van der Waals surface area contributed by atoms with E-state index in [4.69, 9.17) is 0 Å². The summed E-state index contributed by atoms with van der Waals surface area (Å²) in [6, 6.07) is 11.7. The van der Waals surface area contributed by atoms with Crippen LogP contribution < -0.4 is 5.32 Å². The largest absolute Gasteiger partial charge is 0.322 e. The molecule has 7 heteroatoms. The molecule has 2 N–H and O–H groups in total. The molecule has 0 aliphatic heterocycles.